The minimum atomic E-state index is -2.46. The van der Waals surface area contributed by atoms with Crippen LogP contribution in [0.1, 0.15) is 47.0 Å². The molecular formula is C16H39NO3Si2. The first-order valence-corrected chi connectivity index (χ1v) is 13.8. The van der Waals surface area contributed by atoms with Gasteiger partial charge in [-0.25, -0.2) is 0 Å². The van der Waals surface area contributed by atoms with Crippen molar-refractivity contribution in [3.63, 3.8) is 0 Å². The van der Waals surface area contributed by atoms with E-state index in [4.69, 9.17) is 13.3 Å². The predicted octanol–water partition coefficient (Wildman–Crippen LogP) is 3.55. The van der Waals surface area contributed by atoms with Crippen molar-refractivity contribution in [2.45, 2.75) is 71.6 Å². The van der Waals surface area contributed by atoms with Crippen LogP contribution in [-0.4, -0.2) is 61.6 Å². The smallest absolute Gasteiger partial charge is 0.377 e. The highest BCUT2D eigenvalue weighted by molar-refractivity contribution is 6.63. The molecule has 0 unspecified atom stereocenters. The maximum absolute atomic E-state index is 6.08. The third kappa shape index (κ3) is 8.79. The molecule has 0 heterocycles. The molecule has 6 heteroatoms. The van der Waals surface area contributed by atoms with Gasteiger partial charge in [0, 0.05) is 32.0 Å². The Hall–Kier alpha value is 0.274. The molecule has 134 valence electrons. The zero-order valence-electron chi connectivity index (χ0n) is 16.2. The van der Waals surface area contributed by atoms with Gasteiger partial charge in [0.1, 0.15) is 0 Å². The monoisotopic (exact) mass is 349 g/mol. The van der Waals surface area contributed by atoms with Gasteiger partial charge < -0.3 is 13.3 Å². The van der Waals surface area contributed by atoms with Gasteiger partial charge in [0.05, 0.1) is 8.80 Å². The van der Waals surface area contributed by atoms with E-state index in [0.717, 1.165) is 31.8 Å². The number of nitrogens with zero attached hydrogens (tertiary/aromatic N) is 1. The molecule has 0 fully saturated rings. The fraction of sp³-hybridized carbons (Fsp3) is 1.00. The highest BCUT2D eigenvalue weighted by Gasteiger charge is 2.39. The quantitative estimate of drug-likeness (QED) is 0.504. The Morgan fingerprint density at radius 3 is 1.95 bits per heavy atom. The van der Waals surface area contributed by atoms with Crippen molar-refractivity contribution in [1.29, 1.82) is 0 Å². The second-order valence-corrected chi connectivity index (χ2v) is 13.5. The Morgan fingerprint density at radius 1 is 1.00 bits per heavy atom. The highest BCUT2D eigenvalue weighted by Crippen LogP contribution is 2.20. The van der Waals surface area contributed by atoms with Crippen LogP contribution in [0.5, 0.6) is 0 Å². The van der Waals surface area contributed by atoms with E-state index in [0.29, 0.717) is 0 Å². The van der Waals surface area contributed by atoms with Gasteiger partial charge in [-0.05, 0) is 46.7 Å². The van der Waals surface area contributed by atoms with Gasteiger partial charge >= 0.3 is 8.80 Å². The molecule has 0 aliphatic heterocycles. The minimum absolute atomic E-state index is 0.214. The predicted molar refractivity (Wildman–Crippen MR) is 100 cm³/mol. The Bertz CT molecular complexity index is 279. The lowest BCUT2D eigenvalue weighted by Crippen LogP contribution is -2.47. The maximum atomic E-state index is 6.08. The van der Waals surface area contributed by atoms with Crippen LogP contribution in [0.4, 0.5) is 0 Å². The molecule has 0 aliphatic carbocycles. The number of rotatable bonds is 12. The Kier molecular flexibility index (Phi) is 11.1. The van der Waals surface area contributed by atoms with Gasteiger partial charge in [-0.15, -0.1) is 0 Å². The summed E-state index contributed by atoms with van der Waals surface area (Å²) < 4.78 is 17.4. The summed E-state index contributed by atoms with van der Waals surface area (Å²) in [5.41, 5.74) is 0.214. The van der Waals surface area contributed by atoms with Crippen molar-refractivity contribution in [2.75, 3.05) is 33.5 Å². The van der Waals surface area contributed by atoms with E-state index >= 15 is 0 Å². The van der Waals surface area contributed by atoms with Crippen LogP contribution in [0.3, 0.4) is 0 Å². The number of unbranched alkanes of at least 4 members (excludes halogenated alkanes) is 1. The van der Waals surface area contributed by atoms with Crippen LogP contribution in [0, 0.1) is 0 Å². The first-order chi connectivity index (χ1) is 10.2. The third-order valence-corrected chi connectivity index (χ3v) is 7.88. The van der Waals surface area contributed by atoms with Gasteiger partial charge in [-0.3, -0.25) is 4.90 Å². The van der Waals surface area contributed by atoms with Crippen LogP contribution < -0.4 is 0 Å². The molecule has 0 aliphatic rings. The molecule has 0 aromatic carbocycles. The van der Waals surface area contributed by atoms with Crippen LogP contribution in [-0.2, 0) is 13.3 Å². The Labute approximate surface area is 141 Å². The molecule has 0 saturated heterocycles. The van der Waals surface area contributed by atoms with E-state index in [1.54, 1.807) is 14.2 Å². The van der Waals surface area contributed by atoms with Crippen molar-refractivity contribution in [3.05, 3.63) is 0 Å². The fourth-order valence-electron chi connectivity index (χ4n) is 2.39. The second-order valence-electron chi connectivity index (χ2n) is 7.41. The normalized spacial score (nSPS) is 13.4. The van der Waals surface area contributed by atoms with Crippen LogP contribution >= 0.6 is 0 Å². The topological polar surface area (TPSA) is 30.9 Å². The summed E-state index contributed by atoms with van der Waals surface area (Å²) in [4.78, 5) is 2.57. The second kappa shape index (κ2) is 10.9. The van der Waals surface area contributed by atoms with Crippen molar-refractivity contribution >= 4 is 17.6 Å². The van der Waals surface area contributed by atoms with Gasteiger partial charge in [-0.2, -0.15) is 0 Å². The summed E-state index contributed by atoms with van der Waals surface area (Å²) in [5.74, 6) is 0. The molecule has 0 spiro atoms. The summed E-state index contributed by atoms with van der Waals surface area (Å²) >= 11 is 0. The SMILES string of the molecule is CCCCN(CCC[Si](OC)(OC)OC[SiH](C)C)C(C)(C)C. The minimum Gasteiger partial charge on any atom is -0.377 e. The zero-order chi connectivity index (χ0) is 17.2. The van der Waals surface area contributed by atoms with Gasteiger partial charge in [0.2, 0.25) is 0 Å². The van der Waals surface area contributed by atoms with Crippen LogP contribution in [0.2, 0.25) is 19.1 Å². The fourth-order valence-corrected chi connectivity index (χ4v) is 6.28. The van der Waals surface area contributed by atoms with Gasteiger partial charge in [-0.1, -0.05) is 26.4 Å². The molecule has 0 aromatic rings. The van der Waals surface area contributed by atoms with Gasteiger partial charge in [0.25, 0.3) is 0 Å². The van der Waals surface area contributed by atoms with Crippen LogP contribution in [0.25, 0.3) is 0 Å². The third-order valence-electron chi connectivity index (χ3n) is 3.90. The number of hydrogen-bond acceptors (Lipinski definition) is 4. The Balaban J connectivity index is 4.50. The molecule has 0 saturated carbocycles. The summed E-state index contributed by atoms with van der Waals surface area (Å²) in [6.07, 6.45) is 4.40. The molecule has 22 heavy (non-hydrogen) atoms. The van der Waals surface area contributed by atoms with E-state index in [1.165, 1.54) is 12.8 Å². The number of hydrogen-bond donors (Lipinski definition) is 0. The molecule has 4 nitrogen and oxygen atoms in total. The summed E-state index contributed by atoms with van der Waals surface area (Å²) in [5, 5.41) is 0. The summed E-state index contributed by atoms with van der Waals surface area (Å²) in [7, 11) is 0.257. The van der Waals surface area contributed by atoms with E-state index in [2.05, 4.69) is 45.7 Å². The average molecular weight is 350 g/mol. The van der Waals surface area contributed by atoms with E-state index in [9.17, 15) is 0 Å². The molecule has 0 atom stereocenters. The molecule has 0 bridgehead atoms. The van der Waals surface area contributed by atoms with Crippen LogP contribution in [0.15, 0.2) is 0 Å². The molecular weight excluding hydrogens is 310 g/mol. The van der Waals surface area contributed by atoms with Crippen molar-refractivity contribution in [3.8, 4) is 0 Å². The lowest BCUT2D eigenvalue weighted by molar-refractivity contribution is 0.105. The molecule has 0 radical (unpaired) electrons. The maximum Gasteiger partial charge on any atom is 0.500 e. The lowest BCUT2D eigenvalue weighted by atomic mass is 10.1. The first kappa shape index (κ1) is 22.3. The van der Waals surface area contributed by atoms with E-state index in [1.807, 2.05) is 0 Å². The highest BCUT2D eigenvalue weighted by atomic mass is 28.4. The van der Waals surface area contributed by atoms with E-state index in [-0.39, 0.29) is 5.54 Å². The average Bonchev–Trinajstić information content (AvgIpc) is 2.45. The summed E-state index contributed by atoms with van der Waals surface area (Å²) in [6.45, 7) is 15.9. The molecule has 0 amide bonds. The van der Waals surface area contributed by atoms with E-state index < -0.39 is 17.6 Å². The van der Waals surface area contributed by atoms with Crippen molar-refractivity contribution in [2.24, 2.45) is 0 Å². The molecule has 0 aromatic heterocycles. The lowest BCUT2D eigenvalue weighted by Gasteiger charge is -2.36. The van der Waals surface area contributed by atoms with Crippen molar-refractivity contribution in [1.82, 2.24) is 4.90 Å². The summed E-state index contributed by atoms with van der Waals surface area (Å²) in [6, 6.07) is 0.903. The largest absolute Gasteiger partial charge is 0.500 e. The first-order valence-electron chi connectivity index (χ1n) is 8.70. The molecule has 0 rings (SSSR count). The Morgan fingerprint density at radius 2 is 1.55 bits per heavy atom. The van der Waals surface area contributed by atoms with Gasteiger partial charge in [0.15, 0.2) is 0 Å². The van der Waals surface area contributed by atoms with Crippen molar-refractivity contribution < 1.29 is 13.3 Å². The zero-order valence-corrected chi connectivity index (χ0v) is 18.4. The standard InChI is InChI=1S/C16H39NO3Si2/c1-9-10-12-17(16(2,3)4)13-11-14-22(18-5,19-6)20-15-21(7)8/h21H,9-15H2,1-8H3. The molecule has 0 N–H and O–H groups in total.